The maximum absolute atomic E-state index is 11.0. The minimum atomic E-state index is -0.286. The first-order valence-corrected chi connectivity index (χ1v) is 4.60. The lowest BCUT2D eigenvalue weighted by molar-refractivity contribution is 0.253. The van der Waals surface area contributed by atoms with Gasteiger partial charge in [-0.25, -0.2) is 4.79 Å². The van der Waals surface area contributed by atoms with Crippen molar-refractivity contribution < 1.29 is 9.32 Å². The van der Waals surface area contributed by atoms with Crippen molar-refractivity contribution in [3.05, 3.63) is 11.8 Å². The minimum Gasteiger partial charge on any atom is -0.359 e. The fourth-order valence-corrected chi connectivity index (χ4v) is 1.23. The van der Waals surface area contributed by atoms with E-state index in [1.165, 1.54) is 0 Å². The number of amides is 2. The van der Waals surface area contributed by atoms with Gasteiger partial charge in [-0.05, 0) is 12.8 Å². The predicted octanol–water partition coefficient (Wildman–Crippen LogP) is 1.48. The minimum absolute atomic E-state index is 0.148. The zero-order valence-electron chi connectivity index (χ0n) is 8.26. The number of carbonyl (C=O) groups is 1. The maximum Gasteiger partial charge on any atom is 0.320 e. The van der Waals surface area contributed by atoms with Crippen molar-refractivity contribution in [1.82, 2.24) is 10.5 Å². The molecule has 0 unspecified atom stereocenters. The molecule has 0 aromatic carbocycles. The van der Waals surface area contributed by atoms with Gasteiger partial charge in [0.1, 0.15) is 5.76 Å². The molecule has 1 aromatic rings. The van der Waals surface area contributed by atoms with Crippen molar-refractivity contribution in [2.45, 2.75) is 25.2 Å². The number of nitrogens with one attached hydrogen (secondary N) is 2. The average Bonchev–Trinajstić information content (AvgIpc) is 2.75. The maximum atomic E-state index is 11.0. The standard InChI is InChI=1S/C9H13N3O2/c1-9(3-4-9)6-5-7(12-14-6)11-8(13)10-2/h5H,3-4H2,1-2H3,(H2,10,11,12,13). The number of urea groups is 1. The smallest absolute Gasteiger partial charge is 0.320 e. The van der Waals surface area contributed by atoms with E-state index in [2.05, 4.69) is 22.7 Å². The van der Waals surface area contributed by atoms with Crippen molar-refractivity contribution in [3.63, 3.8) is 0 Å². The fraction of sp³-hybridized carbons (Fsp3) is 0.556. The van der Waals surface area contributed by atoms with Crippen LogP contribution < -0.4 is 10.6 Å². The van der Waals surface area contributed by atoms with E-state index in [-0.39, 0.29) is 11.4 Å². The number of hydrogen-bond acceptors (Lipinski definition) is 3. The third-order valence-corrected chi connectivity index (χ3v) is 2.57. The zero-order chi connectivity index (χ0) is 10.2. The Morgan fingerprint density at radius 1 is 1.64 bits per heavy atom. The molecule has 1 aromatic heterocycles. The van der Waals surface area contributed by atoms with Crippen molar-refractivity contribution in [2.24, 2.45) is 0 Å². The van der Waals surface area contributed by atoms with Crippen molar-refractivity contribution in [1.29, 1.82) is 0 Å². The van der Waals surface area contributed by atoms with Crippen LogP contribution in [0.5, 0.6) is 0 Å². The van der Waals surface area contributed by atoms with E-state index in [0.29, 0.717) is 5.82 Å². The second-order valence-corrected chi connectivity index (χ2v) is 3.84. The second-order valence-electron chi connectivity index (χ2n) is 3.84. The van der Waals surface area contributed by atoms with Gasteiger partial charge in [0.05, 0.1) is 0 Å². The van der Waals surface area contributed by atoms with Gasteiger partial charge in [-0.2, -0.15) is 0 Å². The molecule has 0 saturated heterocycles. The van der Waals surface area contributed by atoms with Gasteiger partial charge in [0.25, 0.3) is 0 Å². The van der Waals surface area contributed by atoms with E-state index in [0.717, 1.165) is 18.6 Å². The number of hydrogen-bond donors (Lipinski definition) is 2. The summed E-state index contributed by atoms with van der Waals surface area (Å²) in [6, 6.07) is 1.49. The van der Waals surface area contributed by atoms with Crippen LogP contribution >= 0.6 is 0 Å². The highest BCUT2D eigenvalue weighted by Crippen LogP contribution is 2.47. The summed E-state index contributed by atoms with van der Waals surface area (Å²) in [6.07, 6.45) is 2.25. The Morgan fingerprint density at radius 3 is 2.93 bits per heavy atom. The lowest BCUT2D eigenvalue weighted by atomic mass is 10.1. The van der Waals surface area contributed by atoms with E-state index < -0.39 is 0 Å². The van der Waals surface area contributed by atoms with Crippen LogP contribution in [0.15, 0.2) is 10.6 Å². The molecule has 1 saturated carbocycles. The highest BCUT2D eigenvalue weighted by atomic mass is 16.5. The summed E-state index contributed by atoms with van der Waals surface area (Å²) in [7, 11) is 1.55. The Morgan fingerprint density at radius 2 is 2.36 bits per heavy atom. The normalized spacial score (nSPS) is 17.6. The highest BCUT2D eigenvalue weighted by molar-refractivity contribution is 5.87. The molecule has 1 heterocycles. The van der Waals surface area contributed by atoms with Crippen molar-refractivity contribution in [2.75, 3.05) is 12.4 Å². The summed E-state index contributed by atoms with van der Waals surface area (Å²) in [4.78, 5) is 11.0. The largest absolute Gasteiger partial charge is 0.359 e. The fourth-order valence-electron chi connectivity index (χ4n) is 1.23. The van der Waals surface area contributed by atoms with Gasteiger partial charge in [-0.3, -0.25) is 5.32 Å². The molecular weight excluding hydrogens is 182 g/mol. The van der Waals surface area contributed by atoms with Gasteiger partial charge in [-0.15, -0.1) is 0 Å². The molecule has 14 heavy (non-hydrogen) atoms. The summed E-state index contributed by atoms with van der Waals surface area (Å²) >= 11 is 0. The lowest BCUT2D eigenvalue weighted by Crippen LogP contribution is -2.24. The molecular formula is C9H13N3O2. The average molecular weight is 195 g/mol. The highest BCUT2D eigenvalue weighted by Gasteiger charge is 2.42. The van der Waals surface area contributed by atoms with Crippen molar-refractivity contribution in [3.8, 4) is 0 Å². The van der Waals surface area contributed by atoms with Crippen LogP contribution in [0.4, 0.5) is 10.6 Å². The van der Waals surface area contributed by atoms with Gasteiger partial charge >= 0.3 is 6.03 Å². The molecule has 0 aliphatic heterocycles. The Bertz CT molecular complexity index is 355. The number of carbonyl (C=O) groups excluding carboxylic acids is 1. The number of aromatic nitrogens is 1. The first-order valence-electron chi connectivity index (χ1n) is 4.60. The lowest BCUT2D eigenvalue weighted by Gasteiger charge is -1.99. The Hall–Kier alpha value is -1.52. The van der Waals surface area contributed by atoms with Gasteiger partial charge in [0.2, 0.25) is 0 Å². The molecule has 1 aliphatic rings. The van der Waals surface area contributed by atoms with Crippen LogP contribution in [0.25, 0.3) is 0 Å². The number of rotatable bonds is 2. The van der Waals surface area contributed by atoms with Crippen LogP contribution in [-0.2, 0) is 5.41 Å². The van der Waals surface area contributed by atoms with Gasteiger partial charge < -0.3 is 9.84 Å². The molecule has 2 N–H and O–H groups in total. The van der Waals surface area contributed by atoms with Crippen LogP contribution in [0.1, 0.15) is 25.5 Å². The summed E-state index contributed by atoms with van der Waals surface area (Å²) in [5.41, 5.74) is 0.148. The van der Waals surface area contributed by atoms with Crippen molar-refractivity contribution >= 4 is 11.8 Å². The summed E-state index contributed by atoms with van der Waals surface area (Å²) in [5.74, 6) is 1.32. The number of nitrogens with zero attached hydrogens (tertiary/aromatic N) is 1. The van der Waals surface area contributed by atoms with Gasteiger partial charge in [0.15, 0.2) is 5.82 Å². The quantitative estimate of drug-likeness (QED) is 0.751. The Labute approximate surface area is 81.8 Å². The molecule has 0 atom stereocenters. The molecule has 2 amide bonds. The SMILES string of the molecule is CNC(=O)Nc1cc(C2(C)CC2)on1. The van der Waals surface area contributed by atoms with Crippen LogP contribution in [-0.4, -0.2) is 18.2 Å². The monoisotopic (exact) mass is 195 g/mol. The molecule has 0 spiro atoms. The first-order chi connectivity index (χ1) is 6.64. The summed E-state index contributed by atoms with van der Waals surface area (Å²) in [5, 5.41) is 8.77. The predicted molar refractivity (Wildman–Crippen MR) is 51.2 cm³/mol. The molecule has 5 heteroatoms. The zero-order valence-corrected chi connectivity index (χ0v) is 8.26. The van der Waals surface area contributed by atoms with E-state index in [4.69, 9.17) is 4.52 Å². The van der Waals surface area contributed by atoms with Crippen LogP contribution in [0.3, 0.4) is 0 Å². The van der Waals surface area contributed by atoms with E-state index in [9.17, 15) is 4.79 Å². The van der Waals surface area contributed by atoms with Gasteiger partial charge in [0, 0.05) is 18.5 Å². The van der Waals surface area contributed by atoms with Crippen LogP contribution in [0, 0.1) is 0 Å². The molecule has 5 nitrogen and oxygen atoms in total. The summed E-state index contributed by atoms with van der Waals surface area (Å²) < 4.78 is 5.14. The molecule has 0 radical (unpaired) electrons. The molecule has 1 aliphatic carbocycles. The van der Waals surface area contributed by atoms with E-state index in [1.807, 2.05) is 0 Å². The third kappa shape index (κ3) is 1.57. The Balaban J connectivity index is 2.06. The Kier molecular flexibility index (Phi) is 1.94. The molecule has 1 fully saturated rings. The second kappa shape index (κ2) is 3.01. The molecule has 2 rings (SSSR count). The molecule has 76 valence electrons. The topological polar surface area (TPSA) is 67.2 Å². The molecule has 0 bridgehead atoms. The summed E-state index contributed by atoms with van der Waals surface area (Å²) in [6.45, 7) is 2.12. The third-order valence-electron chi connectivity index (χ3n) is 2.57. The van der Waals surface area contributed by atoms with Crippen LogP contribution in [0.2, 0.25) is 0 Å². The van der Waals surface area contributed by atoms with Gasteiger partial charge in [-0.1, -0.05) is 12.1 Å². The van der Waals surface area contributed by atoms with E-state index >= 15 is 0 Å². The number of anilines is 1. The first kappa shape index (κ1) is 9.05. The van der Waals surface area contributed by atoms with E-state index in [1.54, 1.807) is 13.1 Å².